The molecule has 1 fully saturated rings. The van der Waals surface area contributed by atoms with Crippen molar-refractivity contribution in [2.24, 2.45) is 0 Å². The van der Waals surface area contributed by atoms with E-state index in [-0.39, 0.29) is 12.1 Å². The Morgan fingerprint density at radius 2 is 2.03 bits per heavy atom. The van der Waals surface area contributed by atoms with Gasteiger partial charge in [-0.25, -0.2) is 15.4 Å². The Balaban J connectivity index is 1.31. The molecule has 2 unspecified atom stereocenters. The zero-order valence-electron chi connectivity index (χ0n) is 17.6. The third-order valence-electron chi connectivity index (χ3n) is 5.67. The highest BCUT2D eigenvalue weighted by Gasteiger charge is 2.59. The van der Waals surface area contributed by atoms with Gasteiger partial charge in [-0.3, -0.25) is 4.79 Å². The van der Waals surface area contributed by atoms with E-state index in [1.165, 1.54) is 17.7 Å². The molecule has 2 aliphatic rings. The number of thiophene rings is 1. The molecule has 2 atom stereocenters. The first kappa shape index (κ1) is 19.9. The van der Waals surface area contributed by atoms with Crippen molar-refractivity contribution in [1.82, 2.24) is 20.4 Å². The Labute approximate surface area is 193 Å². The number of carbonyl (C=O) groups is 1. The first-order valence-electron chi connectivity index (χ1n) is 10.5. The van der Waals surface area contributed by atoms with Crippen LogP contribution in [0.3, 0.4) is 0 Å². The van der Waals surface area contributed by atoms with Gasteiger partial charge in [0, 0.05) is 23.5 Å². The Kier molecular flexibility index (Phi) is 4.61. The highest BCUT2D eigenvalue weighted by atomic mass is 32.1. The fourth-order valence-electron chi connectivity index (χ4n) is 3.99. The van der Waals surface area contributed by atoms with Crippen LogP contribution in [0.5, 0.6) is 0 Å². The van der Waals surface area contributed by atoms with E-state index in [0.717, 1.165) is 27.0 Å². The number of hydrazine groups is 1. The summed E-state index contributed by atoms with van der Waals surface area (Å²) in [6.07, 6.45) is 4.96. The number of carbonyl (C=O) groups excluding carboxylic acids is 1. The van der Waals surface area contributed by atoms with E-state index in [1.807, 2.05) is 72.7 Å². The lowest BCUT2D eigenvalue weighted by Gasteiger charge is -2.30. The maximum Gasteiger partial charge on any atom is 0.265 e. The molecule has 2 aromatic carbocycles. The SMILES string of the molecule is CN1NC2OC2(Nc2ccncn2)C=C1c1ccccc1NC(=O)c1cc2ccccc2s1. The van der Waals surface area contributed by atoms with Crippen LogP contribution in [0.2, 0.25) is 0 Å². The predicted molar refractivity (Wildman–Crippen MR) is 128 cm³/mol. The van der Waals surface area contributed by atoms with Crippen molar-refractivity contribution >= 4 is 44.5 Å². The van der Waals surface area contributed by atoms with Crippen molar-refractivity contribution in [2.75, 3.05) is 17.7 Å². The topological polar surface area (TPSA) is 94.7 Å². The molecule has 9 heteroatoms. The molecule has 0 radical (unpaired) electrons. The van der Waals surface area contributed by atoms with Gasteiger partial charge in [0.2, 0.25) is 5.72 Å². The van der Waals surface area contributed by atoms with Crippen LogP contribution in [-0.4, -0.2) is 39.9 Å². The van der Waals surface area contributed by atoms with Gasteiger partial charge in [-0.15, -0.1) is 11.3 Å². The minimum Gasteiger partial charge on any atom is -0.335 e. The number of epoxide rings is 1. The molecule has 4 aromatic rings. The number of nitrogens with zero attached hydrogens (tertiary/aromatic N) is 3. The number of para-hydroxylation sites is 1. The van der Waals surface area contributed by atoms with Gasteiger partial charge in [0.1, 0.15) is 12.1 Å². The summed E-state index contributed by atoms with van der Waals surface area (Å²) in [5.41, 5.74) is 5.06. The molecule has 0 spiro atoms. The van der Waals surface area contributed by atoms with Gasteiger partial charge in [0.25, 0.3) is 5.91 Å². The highest BCUT2D eigenvalue weighted by Crippen LogP contribution is 2.43. The van der Waals surface area contributed by atoms with E-state index in [1.54, 1.807) is 12.3 Å². The summed E-state index contributed by atoms with van der Waals surface area (Å²) in [6.45, 7) is 0. The second-order valence-electron chi connectivity index (χ2n) is 7.88. The molecule has 164 valence electrons. The fourth-order valence-corrected chi connectivity index (χ4v) is 4.94. The van der Waals surface area contributed by atoms with Gasteiger partial charge in [-0.1, -0.05) is 36.4 Å². The molecular formula is C24H20N6O2S. The number of amides is 1. The minimum absolute atomic E-state index is 0.134. The van der Waals surface area contributed by atoms with Gasteiger partial charge in [0.15, 0.2) is 6.23 Å². The summed E-state index contributed by atoms with van der Waals surface area (Å²) in [5, 5.41) is 9.39. The summed E-state index contributed by atoms with van der Waals surface area (Å²) in [7, 11) is 1.92. The zero-order valence-corrected chi connectivity index (χ0v) is 18.5. The lowest BCUT2D eigenvalue weighted by molar-refractivity contribution is 0.103. The Hall–Kier alpha value is -3.79. The first-order valence-corrected chi connectivity index (χ1v) is 11.3. The number of fused-ring (bicyclic) bond motifs is 2. The van der Waals surface area contributed by atoms with Crippen LogP contribution in [0.1, 0.15) is 15.2 Å². The van der Waals surface area contributed by atoms with Gasteiger partial charge in [0.05, 0.1) is 16.3 Å². The van der Waals surface area contributed by atoms with Crippen molar-refractivity contribution in [3.05, 3.63) is 89.7 Å². The minimum atomic E-state index is -0.723. The van der Waals surface area contributed by atoms with Crippen molar-refractivity contribution in [1.29, 1.82) is 0 Å². The van der Waals surface area contributed by atoms with Crippen LogP contribution >= 0.6 is 11.3 Å². The van der Waals surface area contributed by atoms with Crippen molar-refractivity contribution < 1.29 is 9.53 Å². The van der Waals surface area contributed by atoms with Gasteiger partial charge >= 0.3 is 0 Å². The number of anilines is 2. The van der Waals surface area contributed by atoms with Gasteiger partial charge < -0.3 is 20.4 Å². The smallest absolute Gasteiger partial charge is 0.265 e. The predicted octanol–water partition coefficient (Wildman–Crippen LogP) is 3.90. The third-order valence-corrected chi connectivity index (χ3v) is 6.79. The second-order valence-corrected chi connectivity index (χ2v) is 8.96. The zero-order chi connectivity index (χ0) is 22.4. The molecule has 0 saturated carbocycles. The average molecular weight is 457 g/mol. The molecule has 0 aliphatic carbocycles. The second kappa shape index (κ2) is 7.66. The number of ether oxygens (including phenoxy) is 1. The molecule has 6 rings (SSSR count). The molecule has 1 saturated heterocycles. The highest BCUT2D eigenvalue weighted by molar-refractivity contribution is 7.20. The summed E-state index contributed by atoms with van der Waals surface area (Å²) in [5.74, 6) is 0.533. The Morgan fingerprint density at radius 3 is 2.88 bits per heavy atom. The normalized spacial score (nSPS) is 21.3. The number of aromatic nitrogens is 2. The van der Waals surface area contributed by atoms with Crippen LogP contribution in [0.25, 0.3) is 15.8 Å². The lowest BCUT2D eigenvalue weighted by atomic mass is 10.0. The van der Waals surface area contributed by atoms with E-state index in [4.69, 9.17) is 4.74 Å². The third kappa shape index (κ3) is 3.62. The standard InChI is InChI=1S/C24H20N6O2S/c1-30-18(13-24(23(29-30)32-24)28-21-10-11-25-14-26-21)16-7-3-4-8-17(16)27-22(31)20-12-15-6-2-5-9-19(15)33-20/h2-14,23,29H,1H3,(H,27,31)(H,25,26,28). The number of nitrogens with one attached hydrogen (secondary N) is 3. The largest absolute Gasteiger partial charge is 0.335 e. The van der Waals surface area contributed by atoms with Crippen LogP contribution < -0.4 is 16.1 Å². The average Bonchev–Trinajstić information content (AvgIpc) is 3.33. The van der Waals surface area contributed by atoms with Crippen molar-refractivity contribution in [3.63, 3.8) is 0 Å². The maximum absolute atomic E-state index is 13.1. The molecule has 1 amide bonds. The molecule has 2 aromatic heterocycles. The quantitative estimate of drug-likeness (QED) is 0.392. The number of hydrogen-bond acceptors (Lipinski definition) is 8. The van der Waals surface area contributed by atoms with Gasteiger partial charge in [-0.2, -0.15) is 0 Å². The monoisotopic (exact) mass is 456 g/mol. The van der Waals surface area contributed by atoms with Crippen molar-refractivity contribution in [3.8, 4) is 0 Å². The summed E-state index contributed by atoms with van der Waals surface area (Å²) < 4.78 is 7.02. The molecule has 2 aliphatic heterocycles. The summed E-state index contributed by atoms with van der Waals surface area (Å²) in [4.78, 5) is 21.9. The van der Waals surface area contributed by atoms with E-state index in [9.17, 15) is 4.79 Å². The van der Waals surface area contributed by atoms with Crippen LogP contribution in [0.15, 0.2) is 79.3 Å². The number of benzene rings is 2. The van der Waals surface area contributed by atoms with E-state index in [0.29, 0.717) is 10.7 Å². The first-order chi connectivity index (χ1) is 16.1. The van der Waals surface area contributed by atoms with Crippen LogP contribution in [0.4, 0.5) is 11.5 Å². The van der Waals surface area contributed by atoms with Crippen molar-refractivity contribution in [2.45, 2.75) is 12.0 Å². The lowest BCUT2D eigenvalue weighted by Crippen LogP contribution is -2.45. The molecule has 0 bridgehead atoms. The number of hydrogen-bond donors (Lipinski definition) is 3. The number of rotatable bonds is 5. The van der Waals surface area contributed by atoms with E-state index in [2.05, 4.69) is 26.0 Å². The maximum atomic E-state index is 13.1. The Morgan fingerprint density at radius 1 is 1.18 bits per heavy atom. The van der Waals surface area contributed by atoms with E-state index >= 15 is 0 Å². The Bertz CT molecular complexity index is 1360. The van der Waals surface area contributed by atoms with Gasteiger partial charge in [-0.05, 0) is 35.7 Å². The molecule has 3 N–H and O–H groups in total. The fraction of sp³-hybridized carbons (Fsp3) is 0.125. The summed E-state index contributed by atoms with van der Waals surface area (Å²) >= 11 is 1.48. The van der Waals surface area contributed by atoms with Crippen LogP contribution in [0, 0.1) is 0 Å². The van der Waals surface area contributed by atoms with Crippen LogP contribution in [-0.2, 0) is 4.74 Å². The molecular weight excluding hydrogens is 436 g/mol. The molecule has 4 heterocycles. The summed E-state index contributed by atoms with van der Waals surface area (Å²) in [6, 6.07) is 19.4. The molecule has 8 nitrogen and oxygen atoms in total. The molecule has 33 heavy (non-hydrogen) atoms. The van der Waals surface area contributed by atoms with E-state index < -0.39 is 5.72 Å².